The van der Waals surface area contributed by atoms with Gasteiger partial charge in [0, 0.05) is 25.8 Å². The van der Waals surface area contributed by atoms with Gasteiger partial charge in [0.2, 0.25) is 0 Å². The van der Waals surface area contributed by atoms with E-state index in [4.69, 9.17) is 9.47 Å². The summed E-state index contributed by atoms with van der Waals surface area (Å²) in [5, 5.41) is 6.16. The summed E-state index contributed by atoms with van der Waals surface area (Å²) < 4.78 is 10.9. The van der Waals surface area contributed by atoms with E-state index in [0.717, 1.165) is 37.9 Å². The molecule has 2 amide bonds. The average molecular weight is 296 g/mol. The predicted octanol–water partition coefficient (Wildman–Crippen LogP) is 2.06. The number of carbonyl (C=O) groups excluding carboxylic acids is 1. The number of amides is 2. The molecule has 0 bridgehead atoms. The van der Waals surface area contributed by atoms with E-state index >= 15 is 0 Å². The molecule has 3 fully saturated rings. The van der Waals surface area contributed by atoms with Gasteiger partial charge in [-0.05, 0) is 50.4 Å². The number of rotatable bonds is 8. The van der Waals surface area contributed by atoms with Crippen LogP contribution in [0.4, 0.5) is 4.79 Å². The third-order valence-electron chi connectivity index (χ3n) is 4.93. The normalized spacial score (nSPS) is 27.1. The van der Waals surface area contributed by atoms with Gasteiger partial charge in [0.15, 0.2) is 0 Å². The Morgan fingerprint density at radius 2 is 2.00 bits per heavy atom. The van der Waals surface area contributed by atoms with Gasteiger partial charge in [0.1, 0.15) is 0 Å². The average Bonchev–Trinajstić information content (AvgIpc) is 3.13. The molecule has 21 heavy (non-hydrogen) atoms. The van der Waals surface area contributed by atoms with Gasteiger partial charge in [0.25, 0.3) is 0 Å². The molecule has 0 aromatic rings. The first-order chi connectivity index (χ1) is 10.3. The van der Waals surface area contributed by atoms with Crippen LogP contribution in [0, 0.1) is 11.8 Å². The Balaban J connectivity index is 1.25. The van der Waals surface area contributed by atoms with E-state index in [-0.39, 0.29) is 12.1 Å². The van der Waals surface area contributed by atoms with Crippen molar-refractivity contribution in [1.29, 1.82) is 0 Å². The van der Waals surface area contributed by atoms with E-state index in [0.29, 0.717) is 19.2 Å². The highest BCUT2D eigenvalue weighted by molar-refractivity contribution is 5.74. The Morgan fingerprint density at radius 1 is 1.19 bits per heavy atom. The van der Waals surface area contributed by atoms with Gasteiger partial charge in [-0.15, -0.1) is 0 Å². The molecule has 0 spiro atoms. The van der Waals surface area contributed by atoms with E-state index < -0.39 is 0 Å². The van der Waals surface area contributed by atoms with Crippen LogP contribution in [0.1, 0.15) is 44.9 Å². The summed E-state index contributed by atoms with van der Waals surface area (Å²) in [5.74, 6) is 1.47. The fourth-order valence-electron chi connectivity index (χ4n) is 3.25. The van der Waals surface area contributed by atoms with Crippen LogP contribution in [-0.2, 0) is 9.47 Å². The van der Waals surface area contributed by atoms with E-state index in [1.165, 1.54) is 32.1 Å². The second-order valence-electron chi connectivity index (χ2n) is 6.66. The molecule has 3 aliphatic rings. The third kappa shape index (κ3) is 4.58. The first kappa shape index (κ1) is 15.1. The molecule has 5 nitrogen and oxygen atoms in total. The van der Waals surface area contributed by atoms with E-state index in [9.17, 15) is 4.79 Å². The minimum atomic E-state index is 0.00278. The number of hydrogen-bond acceptors (Lipinski definition) is 3. The topological polar surface area (TPSA) is 59.6 Å². The molecule has 3 rings (SSSR count). The minimum Gasteiger partial charge on any atom is -0.379 e. The number of nitrogens with one attached hydrogen (secondary N) is 2. The van der Waals surface area contributed by atoms with Gasteiger partial charge in [-0.25, -0.2) is 4.79 Å². The lowest BCUT2D eigenvalue weighted by atomic mass is 9.78. The van der Waals surface area contributed by atoms with Crippen molar-refractivity contribution >= 4 is 6.03 Å². The summed E-state index contributed by atoms with van der Waals surface area (Å²) in [6.45, 7) is 2.91. The first-order valence-corrected chi connectivity index (χ1v) is 8.56. The molecule has 120 valence electrons. The highest BCUT2D eigenvalue weighted by atomic mass is 16.5. The van der Waals surface area contributed by atoms with Gasteiger partial charge >= 0.3 is 6.03 Å². The lowest BCUT2D eigenvalue weighted by Crippen LogP contribution is -2.48. The molecule has 0 aromatic carbocycles. The molecule has 5 heteroatoms. The summed E-state index contributed by atoms with van der Waals surface area (Å²) in [4.78, 5) is 12.0. The van der Waals surface area contributed by atoms with Gasteiger partial charge in [-0.3, -0.25) is 0 Å². The lowest BCUT2D eigenvalue weighted by Gasteiger charge is -2.34. The zero-order chi connectivity index (χ0) is 14.5. The molecule has 0 aromatic heterocycles. The predicted molar refractivity (Wildman–Crippen MR) is 80.2 cm³/mol. The van der Waals surface area contributed by atoms with Gasteiger partial charge < -0.3 is 20.1 Å². The van der Waals surface area contributed by atoms with E-state index in [2.05, 4.69) is 10.6 Å². The van der Waals surface area contributed by atoms with Crippen molar-refractivity contribution in [3.63, 3.8) is 0 Å². The summed E-state index contributed by atoms with van der Waals surface area (Å²) in [6.07, 6.45) is 8.62. The molecule has 2 atom stereocenters. The quantitative estimate of drug-likeness (QED) is 0.674. The molecule has 1 saturated heterocycles. The summed E-state index contributed by atoms with van der Waals surface area (Å²) in [5.41, 5.74) is 0. The SMILES string of the molecule is O=C(NCCCOC1CCOC1)NC(C1CCC1)C1CC1. The van der Waals surface area contributed by atoms with Gasteiger partial charge in [0.05, 0.1) is 12.7 Å². The maximum absolute atomic E-state index is 12.0. The summed E-state index contributed by atoms with van der Waals surface area (Å²) in [6, 6.07) is 0.425. The van der Waals surface area contributed by atoms with E-state index in [1.807, 2.05) is 0 Å². The molecule has 2 saturated carbocycles. The maximum atomic E-state index is 12.0. The van der Waals surface area contributed by atoms with E-state index in [1.54, 1.807) is 0 Å². The standard InChI is InChI=1S/C16H28N2O3/c19-16(17-8-2-9-21-14-7-10-20-11-14)18-15(13-5-6-13)12-3-1-4-12/h12-15H,1-11H2,(H2,17,18,19). The molecule has 0 radical (unpaired) electrons. The Morgan fingerprint density at radius 3 is 2.62 bits per heavy atom. The highest BCUT2D eigenvalue weighted by Crippen LogP contribution is 2.42. The van der Waals surface area contributed by atoms with Crippen molar-refractivity contribution in [2.75, 3.05) is 26.4 Å². The molecule has 2 unspecified atom stereocenters. The van der Waals surface area contributed by atoms with Crippen molar-refractivity contribution in [3.8, 4) is 0 Å². The molecule has 1 heterocycles. The van der Waals surface area contributed by atoms with Crippen LogP contribution in [0.25, 0.3) is 0 Å². The van der Waals surface area contributed by atoms with Crippen LogP contribution in [0.5, 0.6) is 0 Å². The maximum Gasteiger partial charge on any atom is 0.315 e. The lowest BCUT2D eigenvalue weighted by molar-refractivity contribution is 0.0418. The van der Waals surface area contributed by atoms with Crippen LogP contribution in [0.15, 0.2) is 0 Å². The van der Waals surface area contributed by atoms with Gasteiger partial charge in [-0.2, -0.15) is 0 Å². The summed E-state index contributed by atoms with van der Waals surface area (Å²) in [7, 11) is 0. The minimum absolute atomic E-state index is 0.00278. The van der Waals surface area contributed by atoms with Crippen LogP contribution in [0.2, 0.25) is 0 Å². The van der Waals surface area contributed by atoms with Crippen LogP contribution >= 0.6 is 0 Å². The van der Waals surface area contributed by atoms with Crippen molar-refractivity contribution < 1.29 is 14.3 Å². The Labute approximate surface area is 127 Å². The second-order valence-corrected chi connectivity index (χ2v) is 6.66. The fourth-order valence-corrected chi connectivity index (χ4v) is 3.25. The number of urea groups is 1. The fraction of sp³-hybridized carbons (Fsp3) is 0.938. The molecule has 2 aliphatic carbocycles. The number of carbonyl (C=O) groups is 1. The Hall–Kier alpha value is -0.810. The van der Waals surface area contributed by atoms with Crippen molar-refractivity contribution in [3.05, 3.63) is 0 Å². The first-order valence-electron chi connectivity index (χ1n) is 8.56. The smallest absolute Gasteiger partial charge is 0.315 e. The zero-order valence-electron chi connectivity index (χ0n) is 12.8. The van der Waals surface area contributed by atoms with Crippen molar-refractivity contribution in [1.82, 2.24) is 10.6 Å². The molecule has 2 N–H and O–H groups in total. The highest BCUT2D eigenvalue weighted by Gasteiger charge is 2.39. The van der Waals surface area contributed by atoms with Gasteiger partial charge in [-0.1, -0.05) is 6.42 Å². The Bertz CT molecular complexity index is 336. The van der Waals surface area contributed by atoms with Crippen LogP contribution < -0.4 is 10.6 Å². The van der Waals surface area contributed by atoms with Crippen molar-refractivity contribution in [2.45, 2.75) is 57.1 Å². The van der Waals surface area contributed by atoms with Crippen LogP contribution in [-0.4, -0.2) is 44.5 Å². The van der Waals surface area contributed by atoms with Crippen LogP contribution in [0.3, 0.4) is 0 Å². The summed E-state index contributed by atoms with van der Waals surface area (Å²) >= 11 is 0. The monoisotopic (exact) mass is 296 g/mol. The molecular weight excluding hydrogens is 268 g/mol. The molecular formula is C16H28N2O3. The Kier molecular flexibility index (Phi) is 5.36. The largest absolute Gasteiger partial charge is 0.379 e. The zero-order valence-corrected chi connectivity index (χ0v) is 12.8. The third-order valence-corrected chi connectivity index (χ3v) is 4.93. The molecule has 1 aliphatic heterocycles. The second kappa shape index (κ2) is 7.45. The van der Waals surface area contributed by atoms with Crippen molar-refractivity contribution in [2.24, 2.45) is 11.8 Å². The number of ether oxygens (including phenoxy) is 2. The number of hydrogen-bond donors (Lipinski definition) is 2.